The van der Waals surface area contributed by atoms with E-state index in [0.717, 1.165) is 0 Å². The van der Waals surface area contributed by atoms with E-state index in [9.17, 15) is 0 Å². The highest BCUT2D eigenvalue weighted by Crippen LogP contribution is 2.36. The van der Waals surface area contributed by atoms with Crippen LogP contribution in [0, 0.1) is 13.7 Å². The topological polar surface area (TPSA) is 38.9 Å². The predicted molar refractivity (Wildman–Crippen MR) is 110 cm³/mol. The second kappa shape index (κ2) is 6.06. The van der Waals surface area contributed by atoms with Crippen LogP contribution < -0.4 is 0 Å². The highest BCUT2D eigenvalue weighted by atomic mass is 16.3. The summed E-state index contributed by atoms with van der Waals surface area (Å²) in [6.45, 7) is -5.51. The van der Waals surface area contributed by atoms with Gasteiger partial charge in [-0.15, -0.1) is 0 Å². The minimum absolute atomic E-state index is 0.00124. The van der Waals surface area contributed by atoms with E-state index in [1.54, 1.807) is 12.1 Å². The van der Waals surface area contributed by atoms with Crippen LogP contribution in [-0.2, 0) is 0 Å². The fraction of sp³-hybridized carbons (Fsp3) is 0.0833. The molecule has 3 heteroatoms. The number of pyridine rings is 2. The molecule has 5 rings (SSSR count). The molecule has 3 heterocycles. The number of para-hydroxylation sites is 1. The molecule has 3 aromatic heterocycles. The average Bonchev–Trinajstić information content (AvgIpc) is 3.25. The quantitative estimate of drug-likeness (QED) is 0.368. The van der Waals surface area contributed by atoms with Crippen LogP contribution in [-0.4, -0.2) is 9.97 Å². The first-order valence-electron chi connectivity index (χ1n) is 14.5. The molecule has 0 bridgehead atoms. The molecule has 2 aromatic carbocycles. The Morgan fingerprint density at radius 1 is 0.963 bits per heavy atom. The third kappa shape index (κ3) is 2.59. The second-order valence-corrected chi connectivity index (χ2v) is 5.78. The Balaban J connectivity index is 1.90. The molecular formula is C24H18N2O. The highest BCUT2D eigenvalue weighted by molar-refractivity contribution is 6.08. The molecule has 27 heavy (non-hydrogen) atoms. The lowest BCUT2D eigenvalue weighted by Gasteiger charge is -2.09. The number of fused-ring (bicyclic) bond motifs is 3. The Morgan fingerprint density at radius 2 is 1.89 bits per heavy atom. The molecule has 0 N–H and O–H groups in total. The number of aromatic nitrogens is 2. The fourth-order valence-electron chi connectivity index (χ4n) is 2.93. The maximum Gasteiger partial charge on any atom is 0.227 e. The van der Waals surface area contributed by atoms with Gasteiger partial charge in [0, 0.05) is 36.4 Å². The van der Waals surface area contributed by atoms with E-state index < -0.39 is 72.8 Å². The third-order valence-corrected chi connectivity index (χ3v) is 4.14. The summed E-state index contributed by atoms with van der Waals surface area (Å²) in [5, 5.41) is 0.946. The highest BCUT2D eigenvalue weighted by Gasteiger charge is 2.15. The zero-order valence-electron chi connectivity index (χ0n) is 26.7. The van der Waals surface area contributed by atoms with Gasteiger partial charge in [0.25, 0.3) is 0 Å². The van der Waals surface area contributed by atoms with E-state index in [-0.39, 0.29) is 28.2 Å². The summed E-state index contributed by atoms with van der Waals surface area (Å²) in [6, 6.07) is 3.41. The first-order chi connectivity index (χ1) is 18.5. The Bertz CT molecular complexity index is 1830. The largest absolute Gasteiger partial charge is 0.437 e. The molecule has 0 fully saturated rings. The number of furan rings is 1. The van der Waals surface area contributed by atoms with Crippen molar-refractivity contribution in [2.45, 2.75) is 13.7 Å². The van der Waals surface area contributed by atoms with Crippen LogP contribution in [0.1, 0.15) is 29.1 Å². The van der Waals surface area contributed by atoms with Crippen molar-refractivity contribution in [1.82, 2.24) is 9.97 Å². The maximum atomic E-state index is 8.99. The van der Waals surface area contributed by atoms with Crippen LogP contribution in [0.5, 0.6) is 0 Å². The van der Waals surface area contributed by atoms with Crippen molar-refractivity contribution in [1.29, 1.82) is 0 Å². The Kier molecular flexibility index (Phi) is 1.63. The van der Waals surface area contributed by atoms with Gasteiger partial charge in [0.2, 0.25) is 5.71 Å². The molecular weight excluding hydrogens is 332 g/mol. The lowest BCUT2D eigenvalue weighted by molar-refractivity contribution is 0.653. The number of benzene rings is 2. The Morgan fingerprint density at radius 3 is 2.74 bits per heavy atom. The zero-order valence-corrected chi connectivity index (χ0v) is 13.7. The number of aryl methyl sites for hydroxylation is 1. The van der Waals surface area contributed by atoms with Crippen molar-refractivity contribution < 1.29 is 22.2 Å². The van der Waals surface area contributed by atoms with Gasteiger partial charge in [-0.25, -0.2) is 4.98 Å². The molecule has 5 aromatic rings. The van der Waals surface area contributed by atoms with Gasteiger partial charge in [0.05, 0.1) is 15.3 Å². The monoisotopic (exact) mass is 363 g/mol. The third-order valence-electron chi connectivity index (χ3n) is 4.14. The van der Waals surface area contributed by atoms with Crippen LogP contribution in [0.4, 0.5) is 0 Å². The SMILES string of the molecule is [2H]c1nc(-c2cccc3c2oc2nc(C([2H])([2H])[2H])ccc23)c([2H])c(-c2c([2H])c([2H])c([2H])c([2H])c2[2H])c1C([2H])([2H])[2H]. The van der Waals surface area contributed by atoms with Crippen LogP contribution >= 0.6 is 0 Å². The molecule has 0 unspecified atom stereocenters. The summed E-state index contributed by atoms with van der Waals surface area (Å²) in [5.74, 6) is 0. The zero-order chi connectivity index (χ0) is 29.5. The van der Waals surface area contributed by atoms with Crippen molar-refractivity contribution in [3.05, 3.63) is 84.0 Å². The first kappa shape index (κ1) is 7.28. The van der Waals surface area contributed by atoms with Crippen molar-refractivity contribution in [3.8, 4) is 22.4 Å². The van der Waals surface area contributed by atoms with Gasteiger partial charge >= 0.3 is 0 Å². The lowest BCUT2D eigenvalue weighted by Crippen LogP contribution is -1.90. The van der Waals surface area contributed by atoms with Crippen molar-refractivity contribution in [3.63, 3.8) is 0 Å². The first-order valence-corrected chi connectivity index (χ1v) is 7.96. The summed E-state index contributed by atoms with van der Waals surface area (Å²) in [6.07, 6.45) is -0.774. The molecule has 0 amide bonds. The smallest absolute Gasteiger partial charge is 0.227 e. The molecule has 0 aliphatic heterocycles. The second-order valence-electron chi connectivity index (χ2n) is 5.78. The van der Waals surface area contributed by atoms with Gasteiger partial charge in [-0.2, -0.15) is 0 Å². The maximum absolute atomic E-state index is 8.99. The molecule has 0 spiro atoms. The van der Waals surface area contributed by atoms with Crippen LogP contribution in [0.25, 0.3) is 44.5 Å². The molecule has 0 radical (unpaired) electrons. The molecule has 0 saturated heterocycles. The normalized spacial score (nSPS) is 19.2. The van der Waals surface area contributed by atoms with Crippen LogP contribution in [0.15, 0.2) is 77.2 Å². The van der Waals surface area contributed by atoms with Crippen LogP contribution in [0.2, 0.25) is 0 Å². The number of nitrogens with zero attached hydrogens (tertiary/aromatic N) is 2. The summed E-state index contributed by atoms with van der Waals surface area (Å²) in [7, 11) is 0. The number of hydrogen-bond donors (Lipinski definition) is 0. The van der Waals surface area contributed by atoms with Gasteiger partial charge in [-0.05, 0) is 54.6 Å². The fourth-order valence-corrected chi connectivity index (χ4v) is 2.93. The molecule has 0 saturated carbocycles. The van der Waals surface area contributed by atoms with E-state index >= 15 is 0 Å². The minimum Gasteiger partial charge on any atom is -0.437 e. The average molecular weight is 364 g/mol. The van der Waals surface area contributed by atoms with Crippen molar-refractivity contribution in [2.75, 3.05) is 0 Å². The van der Waals surface area contributed by atoms with E-state index in [2.05, 4.69) is 9.97 Å². The Labute approximate surface area is 175 Å². The lowest BCUT2D eigenvalue weighted by atomic mass is 9.99. The van der Waals surface area contributed by atoms with Gasteiger partial charge in [0.1, 0.15) is 5.58 Å². The van der Waals surface area contributed by atoms with E-state index in [1.807, 2.05) is 0 Å². The van der Waals surface area contributed by atoms with Gasteiger partial charge in [-0.1, -0.05) is 42.3 Å². The van der Waals surface area contributed by atoms with Crippen LogP contribution in [0.3, 0.4) is 0 Å². The predicted octanol–water partition coefficient (Wildman–Crippen LogP) is 6.33. The van der Waals surface area contributed by atoms with E-state index in [4.69, 9.17) is 22.2 Å². The van der Waals surface area contributed by atoms with Gasteiger partial charge in [-0.3, -0.25) is 4.98 Å². The number of rotatable bonds is 2. The summed E-state index contributed by atoms with van der Waals surface area (Å²) >= 11 is 0. The number of hydrogen-bond acceptors (Lipinski definition) is 3. The standard InChI is InChI=1S/C24H18N2O/c1-15-14-25-22(13-21(15)17-7-4-3-5-8-17)20-10-6-9-18-19-12-11-16(2)26-24(19)27-23(18)20/h3-14H,1-2H3/i1D3,2D3,3D,4D,5D,7D,8D,13D,14D. The molecule has 0 aliphatic carbocycles. The van der Waals surface area contributed by atoms with Crippen molar-refractivity contribution in [2.24, 2.45) is 0 Å². The van der Waals surface area contributed by atoms with Gasteiger partial charge in [0.15, 0.2) is 0 Å². The Hall–Kier alpha value is -3.46. The van der Waals surface area contributed by atoms with Crippen molar-refractivity contribution >= 4 is 22.1 Å². The summed E-state index contributed by atoms with van der Waals surface area (Å²) < 4.78 is 111. The van der Waals surface area contributed by atoms with E-state index in [0.29, 0.717) is 10.8 Å². The summed E-state index contributed by atoms with van der Waals surface area (Å²) in [5.41, 5.74) is -1.99. The molecule has 0 atom stereocenters. The summed E-state index contributed by atoms with van der Waals surface area (Å²) in [4.78, 5) is 8.19. The molecule has 3 nitrogen and oxygen atoms in total. The van der Waals surface area contributed by atoms with Gasteiger partial charge < -0.3 is 4.42 Å². The van der Waals surface area contributed by atoms with E-state index in [1.165, 1.54) is 18.2 Å². The molecule has 0 aliphatic rings. The molecule has 130 valence electrons. The minimum atomic E-state index is -3.02.